The van der Waals surface area contributed by atoms with Crippen LogP contribution in [0.4, 0.5) is 11.5 Å². The maximum atomic E-state index is 5.78. The number of hydrogen-bond acceptors (Lipinski definition) is 4. The molecule has 2 heterocycles. The zero-order valence-corrected chi connectivity index (χ0v) is 14.6. The van der Waals surface area contributed by atoms with Crippen LogP contribution >= 0.6 is 0 Å². The van der Waals surface area contributed by atoms with Crippen LogP contribution in [0.15, 0.2) is 53.5 Å². The van der Waals surface area contributed by atoms with Crippen LogP contribution in [0, 0.1) is 6.92 Å². The molecule has 0 amide bonds. The first-order valence-corrected chi connectivity index (χ1v) is 8.01. The van der Waals surface area contributed by atoms with Gasteiger partial charge in [-0.25, -0.2) is 4.98 Å². The lowest BCUT2D eigenvalue weighted by atomic mass is 10.2. The van der Waals surface area contributed by atoms with E-state index in [1.165, 1.54) is 0 Å². The molecule has 0 aliphatic rings. The number of aromatic nitrogens is 2. The van der Waals surface area contributed by atoms with Gasteiger partial charge in [-0.1, -0.05) is 12.7 Å². The molecule has 5 heteroatoms. The van der Waals surface area contributed by atoms with Crippen molar-refractivity contribution in [3.63, 3.8) is 0 Å². The van der Waals surface area contributed by atoms with Gasteiger partial charge in [-0.05, 0) is 56.3 Å². The average molecular weight is 335 g/mol. The van der Waals surface area contributed by atoms with Crippen molar-refractivity contribution in [1.29, 1.82) is 0 Å². The number of methoxy groups -OCH3 is 1. The molecule has 0 aliphatic heterocycles. The Labute approximate surface area is 147 Å². The van der Waals surface area contributed by atoms with Gasteiger partial charge >= 0.3 is 0 Å². The summed E-state index contributed by atoms with van der Waals surface area (Å²) in [5.41, 5.74) is 1.66. The minimum absolute atomic E-state index is 0.708. The van der Waals surface area contributed by atoms with Gasteiger partial charge in [-0.2, -0.15) is 0 Å². The Balaban J connectivity index is 2.10. The normalized spacial score (nSPS) is 11.0. The maximum absolute atomic E-state index is 5.78. The lowest BCUT2D eigenvalue weighted by molar-refractivity contribution is 0.415. The van der Waals surface area contributed by atoms with Crippen LogP contribution in [0.3, 0.4) is 0 Å². The number of furan rings is 1. The molecule has 0 atom stereocenters. The first kappa shape index (κ1) is 16.6. The second kappa shape index (κ2) is 7.13. The van der Waals surface area contributed by atoms with Gasteiger partial charge in [0.05, 0.1) is 7.11 Å². The summed E-state index contributed by atoms with van der Waals surface area (Å²) in [6, 6.07) is 11.6. The molecule has 0 fully saturated rings. The molecular formula is C20H21N3O2. The Hall–Kier alpha value is -3.21. The molecule has 0 aliphatic carbocycles. The second-order valence-corrected chi connectivity index (χ2v) is 5.49. The number of nitrogens with one attached hydrogen (secondary N) is 1. The molecule has 3 rings (SSSR count). The fraction of sp³-hybridized carbons (Fsp3) is 0.150. The number of allylic oxidation sites excluding steroid dienone is 1. The van der Waals surface area contributed by atoms with Gasteiger partial charge in [0.2, 0.25) is 0 Å². The highest BCUT2D eigenvalue weighted by Gasteiger charge is 2.18. The fourth-order valence-corrected chi connectivity index (χ4v) is 2.56. The van der Waals surface area contributed by atoms with Crippen LogP contribution in [0.1, 0.15) is 18.5 Å². The highest BCUT2D eigenvalue weighted by atomic mass is 16.5. The summed E-state index contributed by atoms with van der Waals surface area (Å²) in [6.45, 7) is 7.74. The van der Waals surface area contributed by atoms with Crippen molar-refractivity contribution < 1.29 is 9.15 Å². The third-order valence-corrected chi connectivity index (χ3v) is 3.75. The van der Waals surface area contributed by atoms with Gasteiger partial charge in [-0.3, -0.25) is 4.57 Å². The van der Waals surface area contributed by atoms with E-state index in [4.69, 9.17) is 9.15 Å². The Morgan fingerprint density at radius 1 is 1.20 bits per heavy atom. The van der Waals surface area contributed by atoms with Crippen LogP contribution in [0.2, 0.25) is 0 Å². The van der Waals surface area contributed by atoms with Gasteiger partial charge in [0.1, 0.15) is 28.8 Å². The Kier molecular flexibility index (Phi) is 4.75. The predicted molar refractivity (Wildman–Crippen MR) is 102 cm³/mol. The van der Waals surface area contributed by atoms with E-state index in [1.54, 1.807) is 13.2 Å². The maximum Gasteiger partial charge on any atom is 0.156 e. The molecule has 0 bridgehead atoms. The number of imidazole rings is 1. The zero-order valence-electron chi connectivity index (χ0n) is 14.6. The summed E-state index contributed by atoms with van der Waals surface area (Å²) in [5, 5.41) is 3.43. The van der Waals surface area contributed by atoms with Crippen molar-refractivity contribution in [2.24, 2.45) is 0 Å². The number of ether oxygens (including phenoxy) is 1. The first-order chi connectivity index (χ1) is 12.2. The van der Waals surface area contributed by atoms with Gasteiger partial charge in [0.25, 0.3) is 0 Å². The van der Waals surface area contributed by atoms with E-state index in [-0.39, 0.29) is 0 Å². The van der Waals surface area contributed by atoms with Crippen LogP contribution in [-0.2, 0) is 0 Å². The molecule has 1 aromatic carbocycles. The van der Waals surface area contributed by atoms with Crippen LogP contribution < -0.4 is 10.1 Å². The molecular weight excluding hydrogens is 314 g/mol. The summed E-state index contributed by atoms with van der Waals surface area (Å²) in [7, 11) is 1.65. The average Bonchev–Trinajstić information content (AvgIpc) is 3.20. The summed E-state index contributed by atoms with van der Waals surface area (Å²) in [4.78, 5) is 4.67. The molecule has 1 N–H and O–H groups in total. The Bertz CT molecular complexity index is 902. The van der Waals surface area contributed by atoms with E-state index in [2.05, 4.69) is 16.9 Å². The van der Waals surface area contributed by atoms with Crippen molar-refractivity contribution in [2.45, 2.75) is 13.8 Å². The highest BCUT2D eigenvalue weighted by molar-refractivity contribution is 5.77. The standard InChI is InChI=1S/C20H21N3O2/c1-5-13-23-18(6-2)22-19(17-12-7-14(3)25-17)20(23)21-15-8-10-16(24-4)11-9-15/h5-13,21H,2H2,1,3-4H3/b13-5+. The molecule has 0 saturated carbocycles. The number of nitrogens with zero attached hydrogens (tertiary/aromatic N) is 2. The third kappa shape index (κ3) is 3.35. The summed E-state index contributed by atoms with van der Waals surface area (Å²) >= 11 is 0. The topological polar surface area (TPSA) is 52.2 Å². The molecule has 0 saturated heterocycles. The SMILES string of the molecule is C=Cc1nc(-c2ccc(C)o2)c(Nc2ccc(OC)cc2)n1/C=C/C. The first-order valence-electron chi connectivity index (χ1n) is 8.01. The van der Waals surface area contributed by atoms with E-state index in [0.29, 0.717) is 5.76 Å². The van der Waals surface area contributed by atoms with Crippen molar-refractivity contribution in [2.75, 3.05) is 12.4 Å². The summed E-state index contributed by atoms with van der Waals surface area (Å²) in [6.07, 6.45) is 5.61. The van der Waals surface area contributed by atoms with E-state index in [0.717, 1.165) is 34.5 Å². The zero-order chi connectivity index (χ0) is 17.8. The largest absolute Gasteiger partial charge is 0.497 e. The van der Waals surface area contributed by atoms with Gasteiger partial charge < -0.3 is 14.5 Å². The monoisotopic (exact) mass is 335 g/mol. The molecule has 0 spiro atoms. The van der Waals surface area contributed by atoms with E-state index < -0.39 is 0 Å². The lowest BCUT2D eigenvalue weighted by Crippen LogP contribution is -1.99. The third-order valence-electron chi connectivity index (χ3n) is 3.75. The van der Waals surface area contributed by atoms with Crippen molar-refractivity contribution in [1.82, 2.24) is 9.55 Å². The van der Waals surface area contributed by atoms with Crippen molar-refractivity contribution in [3.8, 4) is 17.2 Å². The van der Waals surface area contributed by atoms with Gasteiger partial charge in [0.15, 0.2) is 5.76 Å². The quantitative estimate of drug-likeness (QED) is 0.661. The number of benzene rings is 1. The second-order valence-electron chi connectivity index (χ2n) is 5.49. The minimum atomic E-state index is 0.708. The fourth-order valence-electron chi connectivity index (χ4n) is 2.56. The van der Waals surface area contributed by atoms with Crippen molar-refractivity contribution >= 4 is 23.8 Å². The molecule has 0 radical (unpaired) electrons. The molecule has 3 aromatic rings. The predicted octanol–water partition coefficient (Wildman–Crippen LogP) is 5.34. The lowest BCUT2D eigenvalue weighted by Gasteiger charge is -2.10. The highest BCUT2D eigenvalue weighted by Crippen LogP contribution is 2.33. The molecule has 5 nitrogen and oxygen atoms in total. The Morgan fingerprint density at radius 2 is 1.96 bits per heavy atom. The number of rotatable bonds is 6. The molecule has 2 aromatic heterocycles. The number of aryl methyl sites for hydroxylation is 1. The van der Waals surface area contributed by atoms with Gasteiger partial charge in [-0.15, -0.1) is 0 Å². The number of hydrogen-bond donors (Lipinski definition) is 1. The number of anilines is 2. The van der Waals surface area contributed by atoms with Crippen LogP contribution in [0.25, 0.3) is 23.7 Å². The van der Waals surface area contributed by atoms with Gasteiger partial charge in [0, 0.05) is 11.9 Å². The summed E-state index contributed by atoms with van der Waals surface area (Å²) in [5.74, 6) is 3.90. The van der Waals surface area contributed by atoms with Crippen LogP contribution in [0.5, 0.6) is 5.75 Å². The molecule has 25 heavy (non-hydrogen) atoms. The molecule has 128 valence electrons. The smallest absolute Gasteiger partial charge is 0.156 e. The van der Waals surface area contributed by atoms with E-state index >= 15 is 0 Å². The minimum Gasteiger partial charge on any atom is -0.497 e. The molecule has 0 unspecified atom stereocenters. The Morgan fingerprint density at radius 3 is 2.52 bits per heavy atom. The van der Waals surface area contributed by atoms with Crippen LogP contribution in [-0.4, -0.2) is 16.7 Å². The summed E-state index contributed by atoms with van der Waals surface area (Å²) < 4.78 is 12.9. The van der Waals surface area contributed by atoms with E-state index in [1.807, 2.05) is 67.1 Å². The van der Waals surface area contributed by atoms with Crippen molar-refractivity contribution in [3.05, 3.63) is 60.6 Å². The van der Waals surface area contributed by atoms with E-state index in [9.17, 15) is 0 Å².